The van der Waals surface area contributed by atoms with E-state index in [1.807, 2.05) is 6.92 Å². The number of nitrogens with zero attached hydrogens (tertiary/aromatic N) is 4. The number of benzene rings is 1. The smallest absolute Gasteiger partial charge is 0.258 e. The van der Waals surface area contributed by atoms with Crippen LogP contribution in [-0.4, -0.2) is 45.5 Å². The number of aryl methyl sites for hydroxylation is 1. The van der Waals surface area contributed by atoms with Gasteiger partial charge in [0.05, 0.1) is 6.54 Å². The number of fused-ring (bicyclic) bond motifs is 1. The normalized spacial score (nSPS) is 10.8. The van der Waals surface area contributed by atoms with Crippen LogP contribution < -0.4 is 14.8 Å². The number of rotatable bonds is 8. The molecular formula is C17H17F2N5O3. The van der Waals surface area contributed by atoms with E-state index in [4.69, 9.17) is 9.47 Å². The number of halogens is 2. The van der Waals surface area contributed by atoms with E-state index in [1.54, 1.807) is 16.6 Å². The minimum atomic E-state index is -0.868. The van der Waals surface area contributed by atoms with Gasteiger partial charge in [-0.15, -0.1) is 15.3 Å². The summed E-state index contributed by atoms with van der Waals surface area (Å²) in [4.78, 5) is 11.7. The molecule has 0 spiro atoms. The fraction of sp³-hybridized carbons (Fsp3) is 0.294. The van der Waals surface area contributed by atoms with Crippen LogP contribution in [0.1, 0.15) is 12.7 Å². The van der Waals surface area contributed by atoms with E-state index in [1.165, 1.54) is 0 Å². The van der Waals surface area contributed by atoms with Crippen molar-refractivity contribution in [2.24, 2.45) is 0 Å². The number of carbonyl (C=O) groups excluding carboxylic acids is 1. The van der Waals surface area contributed by atoms with Gasteiger partial charge >= 0.3 is 0 Å². The Kier molecular flexibility index (Phi) is 5.74. The summed E-state index contributed by atoms with van der Waals surface area (Å²) in [6.45, 7) is 1.93. The summed E-state index contributed by atoms with van der Waals surface area (Å²) in [7, 11) is 0. The Morgan fingerprint density at radius 2 is 2.04 bits per heavy atom. The van der Waals surface area contributed by atoms with E-state index in [0.29, 0.717) is 29.8 Å². The Morgan fingerprint density at radius 1 is 1.19 bits per heavy atom. The van der Waals surface area contributed by atoms with Gasteiger partial charge in [0.15, 0.2) is 29.6 Å². The molecule has 0 unspecified atom stereocenters. The minimum Gasteiger partial charge on any atom is -0.481 e. The zero-order valence-electron chi connectivity index (χ0n) is 14.5. The Morgan fingerprint density at radius 3 is 2.81 bits per heavy atom. The summed E-state index contributed by atoms with van der Waals surface area (Å²) in [5.41, 5.74) is 0.623. The van der Waals surface area contributed by atoms with Crippen LogP contribution in [0, 0.1) is 11.6 Å². The average Bonchev–Trinajstić information content (AvgIpc) is 3.07. The molecule has 2 aromatic heterocycles. The van der Waals surface area contributed by atoms with Crippen LogP contribution in [0.25, 0.3) is 5.65 Å². The third-order valence-electron chi connectivity index (χ3n) is 3.55. The Balaban J connectivity index is 1.42. The maximum absolute atomic E-state index is 13.4. The summed E-state index contributed by atoms with van der Waals surface area (Å²) in [5, 5.41) is 14.8. The fourth-order valence-electron chi connectivity index (χ4n) is 2.25. The lowest BCUT2D eigenvalue weighted by molar-refractivity contribution is -0.123. The summed E-state index contributed by atoms with van der Waals surface area (Å²) in [6, 6.07) is 6.25. The Hall–Kier alpha value is -3.30. The van der Waals surface area contributed by atoms with E-state index >= 15 is 0 Å². The predicted octanol–water partition coefficient (Wildman–Crippen LogP) is 1.54. The number of hydrogen-bond donors (Lipinski definition) is 1. The molecule has 2 heterocycles. The highest BCUT2D eigenvalue weighted by Crippen LogP contribution is 2.17. The minimum absolute atomic E-state index is 0.179. The van der Waals surface area contributed by atoms with E-state index in [-0.39, 0.29) is 18.9 Å². The molecule has 0 saturated carbocycles. The van der Waals surface area contributed by atoms with Crippen LogP contribution in [0.3, 0.4) is 0 Å². The standard InChI is InChI=1S/C17H17F2N5O3/c1-2-14-21-22-15-5-6-17(23-24(14)15)26-8-7-20-16(25)10-27-13-4-3-11(18)9-12(13)19/h3-6,9H,2,7-8,10H2,1H3,(H,20,25). The monoisotopic (exact) mass is 377 g/mol. The first-order valence-electron chi connectivity index (χ1n) is 8.25. The predicted molar refractivity (Wildman–Crippen MR) is 90.5 cm³/mol. The number of ether oxygens (including phenoxy) is 2. The van der Waals surface area contributed by atoms with Crippen molar-refractivity contribution in [3.8, 4) is 11.6 Å². The molecule has 0 radical (unpaired) electrons. The summed E-state index contributed by atoms with van der Waals surface area (Å²) in [6.07, 6.45) is 0.683. The third-order valence-corrected chi connectivity index (χ3v) is 3.55. The largest absolute Gasteiger partial charge is 0.481 e. The first kappa shape index (κ1) is 18.5. The second-order valence-corrected chi connectivity index (χ2v) is 5.47. The van der Waals surface area contributed by atoms with Crippen LogP contribution in [0.2, 0.25) is 0 Å². The van der Waals surface area contributed by atoms with Crippen molar-refractivity contribution in [2.45, 2.75) is 13.3 Å². The first-order valence-corrected chi connectivity index (χ1v) is 8.25. The topological polar surface area (TPSA) is 90.6 Å². The average molecular weight is 377 g/mol. The van der Waals surface area contributed by atoms with Crippen LogP contribution in [0.5, 0.6) is 11.6 Å². The zero-order valence-corrected chi connectivity index (χ0v) is 14.5. The molecule has 142 valence electrons. The number of amides is 1. The van der Waals surface area contributed by atoms with Crippen LogP contribution in [-0.2, 0) is 11.2 Å². The molecule has 3 rings (SSSR count). The van der Waals surface area contributed by atoms with Crippen molar-refractivity contribution in [1.29, 1.82) is 0 Å². The molecule has 0 bridgehead atoms. The van der Waals surface area contributed by atoms with Gasteiger partial charge < -0.3 is 14.8 Å². The highest BCUT2D eigenvalue weighted by molar-refractivity contribution is 5.77. The van der Waals surface area contributed by atoms with Crippen molar-refractivity contribution in [3.63, 3.8) is 0 Å². The summed E-state index contributed by atoms with van der Waals surface area (Å²) in [5.74, 6) is -1.15. The van der Waals surface area contributed by atoms with E-state index in [0.717, 1.165) is 12.1 Å². The molecule has 0 saturated heterocycles. The second-order valence-electron chi connectivity index (χ2n) is 5.47. The lowest BCUT2D eigenvalue weighted by Crippen LogP contribution is -2.32. The van der Waals surface area contributed by atoms with Crippen LogP contribution >= 0.6 is 0 Å². The maximum Gasteiger partial charge on any atom is 0.258 e. The van der Waals surface area contributed by atoms with Gasteiger partial charge in [0.1, 0.15) is 12.4 Å². The highest BCUT2D eigenvalue weighted by Gasteiger charge is 2.09. The SMILES string of the molecule is CCc1nnc2ccc(OCCNC(=O)COc3ccc(F)cc3F)nn12. The van der Waals surface area contributed by atoms with Gasteiger partial charge in [0, 0.05) is 18.6 Å². The third kappa shape index (κ3) is 4.66. The van der Waals surface area contributed by atoms with Gasteiger partial charge in [-0.2, -0.15) is 4.52 Å². The Labute approximate surface area is 153 Å². The molecule has 1 aromatic carbocycles. The maximum atomic E-state index is 13.4. The van der Waals surface area contributed by atoms with Crippen molar-refractivity contribution in [2.75, 3.05) is 19.8 Å². The first-order chi connectivity index (χ1) is 13.1. The molecular weight excluding hydrogens is 360 g/mol. The van der Waals surface area contributed by atoms with E-state index in [9.17, 15) is 13.6 Å². The van der Waals surface area contributed by atoms with Crippen molar-refractivity contribution >= 4 is 11.6 Å². The molecule has 1 N–H and O–H groups in total. The van der Waals surface area contributed by atoms with Crippen molar-refractivity contribution < 1.29 is 23.0 Å². The molecule has 0 aliphatic rings. The van der Waals surface area contributed by atoms with E-state index < -0.39 is 24.1 Å². The van der Waals surface area contributed by atoms with Crippen molar-refractivity contribution in [1.82, 2.24) is 25.1 Å². The van der Waals surface area contributed by atoms with Gasteiger partial charge in [-0.1, -0.05) is 6.92 Å². The van der Waals surface area contributed by atoms with E-state index in [2.05, 4.69) is 20.6 Å². The lowest BCUT2D eigenvalue weighted by atomic mass is 10.3. The molecule has 3 aromatic rings. The van der Waals surface area contributed by atoms with Gasteiger partial charge in [0.2, 0.25) is 5.88 Å². The molecule has 0 aliphatic heterocycles. The molecule has 10 heteroatoms. The fourth-order valence-corrected chi connectivity index (χ4v) is 2.25. The quantitative estimate of drug-likeness (QED) is 0.599. The summed E-state index contributed by atoms with van der Waals surface area (Å²) >= 11 is 0. The molecule has 27 heavy (non-hydrogen) atoms. The molecule has 1 amide bonds. The number of aromatic nitrogens is 4. The zero-order chi connectivity index (χ0) is 19.2. The molecule has 8 nitrogen and oxygen atoms in total. The number of nitrogens with one attached hydrogen (secondary N) is 1. The van der Waals surface area contributed by atoms with Crippen LogP contribution in [0.4, 0.5) is 8.78 Å². The van der Waals surface area contributed by atoms with Gasteiger partial charge in [-0.05, 0) is 18.2 Å². The molecule has 0 fully saturated rings. The van der Waals surface area contributed by atoms with Crippen LogP contribution in [0.15, 0.2) is 30.3 Å². The summed E-state index contributed by atoms with van der Waals surface area (Å²) < 4.78 is 38.3. The second kappa shape index (κ2) is 8.39. The number of hydrogen-bond acceptors (Lipinski definition) is 6. The Bertz CT molecular complexity index is 947. The lowest BCUT2D eigenvalue weighted by Gasteiger charge is -2.09. The van der Waals surface area contributed by atoms with Gasteiger partial charge in [0.25, 0.3) is 5.91 Å². The highest BCUT2D eigenvalue weighted by atomic mass is 19.1. The van der Waals surface area contributed by atoms with Gasteiger partial charge in [-0.3, -0.25) is 4.79 Å². The number of carbonyl (C=O) groups is 1. The molecule has 0 atom stereocenters. The van der Waals surface area contributed by atoms with Gasteiger partial charge in [-0.25, -0.2) is 8.78 Å². The van der Waals surface area contributed by atoms with Crippen molar-refractivity contribution in [3.05, 3.63) is 47.8 Å². The molecule has 0 aliphatic carbocycles.